The molecule has 180 valence electrons. The van der Waals surface area contributed by atoms with Crippen molar-refractivity contribution in [2.45, 2.75) is 24.9 Å². The van der Waals surface area contributed by atoms with Gasteiger partial charge in [0.1, 0.15) is 17.8 Å². The molecule has 3 N–H and O–H groups in total. The summed E-state index contributed by atoms with van der Waals surface area (Å²) in [4.78, 5) is 35.7. The van der Waals surface area contributed by atoms with Crippen molar-refractivity contribution in [3.8, 4) is 11.3 Å². The van der Waals surface area contributed by atoms with Gasteiger partial charge in [-0.3, -0.25) is 9.59 Å². The monoisotopic (exact) mass is 479 g/mol. The molecule has 36 heavy (non-hydrogen) atoms. The number of nitrogens with two attached hydrogens (primary N) is 1. The Labute approximate surface area is 207 Å². The second kappa shape index (κ2) is 8.60. The van der Waals surface area contributed by atoms with Crippen LogP contribution in [0.4, 0.5) is 11.5 Å². The van der Waals surface area contributed by atoms with E-state index in [1.807, 2.05) is 52.0 Å². The average molecular weight is 480 g/mol. The summed E-state index contributed by atoms with van der Waals surface area (Å²) in [6.07, 6.45) is 4.67. The van der Waals surface area contributed by atoms with Crippen LogP contribution >= 0.6 is 0 Å². The van der Waals surface area contributed by atoms with Gasteiger partial charge in [0.2, 0.25) is 5.91 Å². The zero-order chi connectivity index (χ0) is 24.8. The standard InChI is InChI=1S/C27H25N7O2/c1-2-22(35)33-14-16-12-20(33)21(13-16)34-26-23(25(28)29-15-30-26)24(32-34)17-8-10-18(11-9-17)27(36)31-19-6-4-3-5-7-19/h2-11,15-16,20-21H,1,12-14H2,(H,31,36)(H2,28,29,30). The number of fused-ring (bicyclic) bond motifs is 3. The fraction of sp³-hybridized carbons (Fsp3) is 0.222. The Bertz CT molecular complexity index is 1480. The third kappa shape index (κ3) is 3.60. The van der Waals surface area contributed by atoms with Gasteiger partial charge in [-0.05, 0) is 49.1 Å². The number of para-hydroxylation sites is 1. The summed E-state index contributed by atoms with van der Waals surface area (Å²) >= 11 is 0. The Morgan fingerprint density at radius 3 is 2.50 bits per heavy atom. The Kier molecular flexibility index (Phi) is 5.25. The largest absolute Gasteiger partial charge is 0.383 e. The summed E-state index contributed by atoms with van der Waals surface area (Å²) in [7, 11) is 0. The van der Waals surface area contributed by atoms with Crippen molar-refractivity contribution in [3.63, 3.8) is 0 Å². The van der Waals surface area contributed by atoms with Gasteiger partial charge in [-0.1, -0.05) is 36.9 Å². The van der Waals surface area contributed by atoms with Crippen molar-refractivity contribution >= 4 is 34.4 Å². The molecule has 2 aromatic carbocycles. The summed E-state index contributed by atoms with van der Waals surface area (Å²) in [5, 5.41) is 8.52. The first-order valence-electron chi connectivity index (χ1n) is 11.9. The lowest BCUT2D eigenvalue weighted by Gasteiger charge is -2.32. The van der Waals surface area contributed by atoms with Crippen LogP contribution in [0.2, 0.25) is 0 Å². The fourth-order valence-electron chi connectivity index (χ4n) is 5.56. The third-order valence-electron chi connectivity index (χ3n) is 7.19. The molecular formula is C27H25N7O2. The van der Waals surface area contributed by atoms with E-state index in [9.17, 15) is 9.59 Å². The number of benzene rings is 2. The molecule has 9 heteroatoms. The number of likely N-dealkylation sites (tertiary alicyclic amines) is 1. The van der Waals surface area contributed by atoms with Gasteiger partial charge in [-0.25, -0.2) is 14.6 Å². The van der Waals surface area contributed by atoms with Crippen molar-refractivity contribution in [1.82, 2.24) is 24.6 Å². The van der Waals surface area contributed by atoms with E-state index in [-0.39, 0.29) is 23.9 Å². The zero-order valence-corrected chi connectivity index (χ0v) is 19.5. The van der Waals surface area contributed by atoms with Crippen LogP contribution in [0.5, 0.6) is 0 Å². The number of hydrogen-bond acceptors (Lipinski definition) is 6. The van der Waals surface area contributed by atoms with Crippen LogP contribution in [0, 0.1) is 5.92 Å². The van der Waals surface area contributed by atoms with Crippen molar-refractivity contribution in [3.05, 3.63) is 79.1 Å². The van der Waals surface area contributed by atoms with Crippen LogP contribution in [0.25, 0.3) is 22.3 Å². The number of nitrogens with zero attached hydrogens (tertiary/aromatic N) is 5. The van der Waals surface area contributed by atoms with Crippen molar-refractivity contribution in [2.75, 3.05) is 17.6 Å². The molecule has 3 atom stereocenters. The number of carbonyl (C=O) groups is 2. The minimum absolute atomic E-state index is 0.00544. The van der Waals surface area contributed by atoms with Crippen molar-refractivity contribution in [1.29, 1.82) is 0 Å². The summed E-state index contributed by atoms with van der Waals surface area (Å²) in [6, 6.07) is 16.6. The molecule has 0 radical (unpaired) electrons. The minimum atomic E-state index is -0.194. The van der Waals surface area contributed by atoms with Gasteiger partial charge in [0.25, 0.3) is 5.91 Å². The molecule has 3 heterocycles. The molecule has 2 bridgehead atoms. The zero-order valence-electron chi connectivity index (χ0n) is 19.5. The first-order valence-corrected chi connectivity index (χ1v) is 11.9. The number of carbonyl (C=O) groups excluding carboxylic acids is 2. The van der Waals surface area contributed by atoms with Crippen molar-refractivity contribution < 1.29 is 9.59 Å². The predicted octanol–water partition coefficient (Wildman–Crippen LogP) is 3.68. The van der Waals surface area contributed by atoms with Gasteiger partial charge in [0, 0.05) is 23.4 Å². The molecule has 2 aliphatic rings. The van der Waals surface area contributed by atoms with E-state index in [4.69, 9.17) is 10.8 Å². The first-order chi connectivity index (χ1) is 17.5. The summed E-state index contributed by atoms with van der Waals surface area (Å²) < 4.78 is 1.91. The van der Waals surface area contributed by atoms with Gasteiger partial charge in [-0.2, -0.15) is 5.10 Å². The first kappa shape index (κ1) is 22.0. The number of hydrogen-bond donors (Lipinski definition) is 2. The van der Waals surface area contributed by atoms with Crippen LogP contribution < -0.4 is 11.1 Å². The smallest absolute Gasteiger partial charge is 0.255 e. The maximum Gasteiger partial charge on any atom is 0.255 e. The maximum atomic E-state index is 12.7. The molecule has 1 saturated carbocycles. The molecule has 1 aliphatic heterocycles. The molecule has 2 fully saturated rings. The number of rotatable bonds is 5. The Balaban J connectivity index is 1.35. The highest BCUT2D eigenvalue weighted by Gasteiger charge is 2.48. The number of nitrogen functional groups attached to an aromatic ring is 1. The molecule has 2 aromatic heterocycles. The molecule has 3 unspecified atom stereocenters. The fourth-order valence-corrected chi connectivity index (χ4v) is 5.56. The van der Waals surface area contributed by atoms with Crippen molar-refractivity contribution in [2.24, 2.45) is 5.92 Å². The SMILES string of the molecule is C=CC(=O)N1CC2CC1C(n1nc(-c3ccc(C(=O)Nc4ccccc4)cc3)c3c(N)ncnc31)C2. The Morgan fingerprint density at radius 1 is 1.03 bits per heavy atom. The molecule has 6 rings (SSSR count). The normalized spacial score (nSPS) is 20.6. The van der Waals surface area contributed by atoms with Gasteiger partial charge in [-0.15, -0.1) is 0 Å². The average Bonchev–Trinajstić information content (AvgIpc) is 3.62. The van der Waals surface area contributed by atoms with E-state index < -0.39 is 0 Å². The lowest BCUT2D eigenvalue weighted by molar-refractivity contribution is -0.128. The molecule has 1 saturated heterocycles. The lowest BCUT2D eigenvalue weighted by atomic mass is 10.1. The lowest BCUT2D eigenvalue weighted by Crippen LogP contribution is -2.42. The maximum absolute atomic E-state index is 12.7. The van der Waals surface area contributed by atoms with Gasteiger partial charge in [0.05, 0.1) is 17.5 Å². The molecule has 9 nitrogen and oxygen atoms in total. The number of amides is 2. The van der Waals surface area contributed by atoms with E-state index in [1.165, 1.54) is 12.4 Å². The Hall–Kier alpha value is -4.53. The topological polar surface area (TPSA) is 119 Å². The number of anilines is 2. The Morgan fingerprint density at radius 2 is 1.78 bits per heavy atom. The van der Waals surface area contributed by atoms with Crippen LogP contribution in [0.3, 0.4) is 0 Å². The summed E-state index contributed by atoms with van der Waals surface area (Å²) in [5.41, 5.74) is 9.66. The number of nitrogens with one attached hydrogen (secondary N) is 1. The van der Waals surface area contributed by atoms with Gasteiger partial charge < -0.3 is 16.0 Å². The highest BCUT2D eigenvalue weighted by molar-refractivity contribution is 6.05. The minimum Gasteiger partial charge on any atom is -0.383 e. The van der Waals surface area contributed by atoms with Gasteiger partial charge in [0.15, 0.2) is 5.65 Å². The van der Waals surface area contributed by atoms with E-state index in [0.29, 0.717) is 34.0 Å². The molecule has 4 aromatic rings. The third-order valence-corrected chi connectivity index (χ3v) is 7.19. The van der Waals surface area contributed by atoms with Crippen LogP contribution in [0.15, 0.2) is 73.6 Å². The molecule has 0 spiro atoms. The van der Waals surface area contributed by atoms with E-state index >= 15 is 0 Å². The second-order valence-electron chi connectivity index (χ2n) is 9.32. The van der Waals surface area contributed by atoms with Crippen LogP contribution in [0.1, 0.15) is 29.2 Å². The van der Waals surface area contributed by atoms with Crippen LogP contribution in [-0.4, -0.2) is 49.0 Å². The predicted molar refractivity (Wildman–Crippen MR) is 137 cm³/mol. The molecular weight excluding hydrogens is 454 g/mol. The highest BCUT2D eigenvalue weighted by Crippen LogP contribution is 2.46. The second-order valence-corrected chi connectivity index (χ2v) is 9.32. The summed E-state index contributed by atoms with van der Waals surface area (Å²) in [6.45, 7) is 4.41. The quantitative estimate of drug-likeness (QED) is 0.422. The van der Waals surface area contributed by atoms with E-state index in [2.05, 4.69) is 21.9 Å². The van der Waals surface area contributed by atoms with E-state index in [1.54, 1.807) is 12.1 Å². The van der Waals surface area contributed by atoms with Crippen LogP contribution in [-0.2, 0) is 4.79 Å². The summed E-state index contributed by atoms with van der Waals surface area (Å²) in [5.74, 6) is 0.518. The molecule has 1 aliphatic carbocycles. The molecule has 2 amide bonds. The van der Waals surface area contributed by atoms with Gasteiger partial charge >= 0.3 is 0 Å². The highest BCUT2D eigenvalue weighted by atomic mass is 16.2. The number of piperidine rings is 1. The van der Waals surface area contributed by atoms with E-state index in [0.717, 1.165) is 30.6 Å². The number of aromatic nitrogens is 4.